The lowest BCUT2D eigenvalue weighted by Crippen LogP contribution is -2.32. The molecule has 0 unspecified atom stereocenters. The number of phenolic OH excluding ortho intramolecular Hbond substituents is 1. The van der Waals surface area contributed by atoms with Crippen molar-refractivity contribution in [3.63, 3.8) is 0 Å². The van der Waals surface area contributed by atoms with Crippen LogP contribution in [0, 0.1) is 11.3 Å². The van der Waals surface area contributed by atoms with Crippen LogP contribution in [0.15, 0.2) is 63.9 Å². The normalized spacial score (nSPS) is 16.6. The molecule has 0 spiro atoms. The Labute approximate surface area is 154 Å². The summed E-state index contributed by atoms with van der Waals surface area (Å²) < 4.78 is 52.6. The first kappa shape index (κ1) is 18.4. The number of aromatic hydroxyl groups is 1. The van der Waals surface area contributed by atoms with Crippen LogP contribution in [0.4, 0.5) is 0 Å². The highest BCUT2D eigenvalue weighted by Gasteiger charge is 2.34. The minimum absolute atomic E-state index is 0.0891. The van der Waals surface area contributed by atoms with Crippen LogP contribution in [0.3, 0.4) is 0 Å². The molecule has 3 rings (SSSR count). The van der Waals surface area contributed by atoms with Gasteiger partial charge < -0.3 is 5.11 Å². The predicted molar refractivity (Wildman–Crippen MR) is 92.7 cm³/mol. The number of phenols is 1. The second kappa shape index (κ2) is 6.42. The third-order valence-electron chi connectivity index (χ3n) is 3.65. The van der Waals surface area contributed by atoms with Crippen LogP contribution in [0.2, 0.25) is 0 Å². The van der Waals surface area contributed by atoms with E-state index in [2.05, 4.69) is 4.72 Å². The second-order valence-corrected chi connectivity index (χ2v) is 8.73. The molecule has 1 amide bonds. The molecule has 0 aliphatic carbocycles. The highest BCUT2D eigenvalue weighted by atomic mass is 32.2. The molecule has 0 radical (unpaired) electrons. The fourth-order valence-electron chi connectivity index (χ4n) is 2.42. The monoisotopic (exact) mass is 405 g/mol. The van der Waals surface area contributed by atoms with Crippen LogP contribution in [0.25, 0.3) is 5.70 Å². The van der Waals surface area contributed by atoms with E-state index in [-0.39, 0.29) is 26.8 Å². The molecule has 1 aliphatic rings. The van der Waals surface area contributed by atoms with Gasteiger partial charge in [0.25, 0.3) is 26.0 Å². The Morgan fingerprint density at radius 1 is 1.11 bits per heavy atom. The standard InChI is InChI=1S/C16H11N3O6S2/c17-9-13(15-12-3-1-2-4-14(12)27(24,25)18-15)16(21)19-26(22,23)11-7-5-10(20)6-8-11/h1-8,18,20H,(H,19,21). The van der Waals surface area contributed by atoms with Gasteiger partial charge in [-0.2, -0.15) is 5.26 Å². The zero-order valence-corrected chi connectivity index (χ0v) is 15.0. The van der Waals surface area contributed by atoms with Crippen molar-refractivity contribution in [3.8, 4) is 11.8 Å². The van der Waals surface area contributed by atoms with E-state index in [1.54, 1.807) is 10.8 Å². The predicted octanol–water partition coefficient (Wildman–Crippen LogP) is 0.424. The summed E-state index contributed by atoms with van der Waals surface area (Å²) in [7, 11) is -8.30. The van der Waals surface area contributed by atoms with Crippen molar-refractivity contribution in [2.24, 2.45) is 0 Å². The van der Waals surface area contributed by atoms with E-state index in [1.807, 2.05) is 0 Å². The van der Waals surface area contributed by atoms with Gasteiger partial charge in [-0.3, -0.25) is 9.52 Å². The molecule has 0 aromatic heterocycles. The van der Waals surface area contributed by atoms with Gasteiger partial charge in [0.1, 0.15) is 17.4 Å². The summed E-state index contributed by atoms with van der Waals surface area (Å²) in [5.74, 6) is -1.46. The zero-order chi connectivity index (χ0) is 19.8. The van der Waals surface area contributed by atoms with Gasteiger partial charge >= 0.3 is 0 Å². The summed E-state index contributed by atoms with van der Waals surface area (Å²) in [6, 6.07) is 11.6. The van der Waals surface area contributed by atoms with E-state index >= 15 is 0 Å². The second-order valence-electron chi connectivity index (χ2n) is 5.39. The lowest BCUT2D eigenvalue weighted by atomic mass is 10.1. The Balaban J connectivity index is 2.02. The number of sulfonamides is 2. The van der Waals surface area contributed by atoms with E-state index in [1.165, 1.54) is 24.3 Å². The summed E-state index contributed by atoms with van der Waals surface area (Å²) in [6.45, 7) is 0. The average molecular weight is 405 g/mol. The van der Waals surface area contributed by atoms with Crippen molar-refractivity contribution in [2.45, 2.75) is 9.79 Å². The largest absolute Gasteiger partial charge is 0.508 e. The van der Waals surface area contributed by atoms with Crippen LogP contribution in [0.5, 0.6) is 5.75 Å². The number of rotatable bonds is 3. The average Bonchev–Trinajstić information content (AvgIpc) is 2.87. The van der Waals surface area contributed by atoms with E-state index in [0.29, 0.717) is 0 Å². The van der Waals surface area contributed by atoms with Gasteiger partial charge in [-0.1, -0.05) is 18.2 Å². The molecule has 138 valence electrons. The highest BCUT2D eigenvalue weighted by Crippen LogP contribution is 2.31. The molecule has 3 N–H and O–H groups in total. The van der Waals surface area contributed by atoms with Gasteiger partial charge in [-0.05, 0) is 30.3 Å². The van der Waals surface area contributed by atoms with Crippen LogP contribution in [0.1, 0.15) is 5.56 Å². The van der Waals surface area contributed by atoms with Gasteiger partial charge in [0.2, 0.25) is 0 Å². The Bertz CT molecular complexity index is 1220. The topological polar surface area (TPSA) is 153 Å². The first-order chi connectivity index (χ1) is 12.7. The number of carbonyl (C=O) groups is 1. The van der Waals surface area contributed by atoms with Crippen LogP contribution in [-0.4, -0.2) is 27.8 Å². The maximum absolute atomic E-state index is 12.4. The van der Waals surface area contributed by atoms with Crippen LogP contribution >= 0.6 is 0 Å². The first-order valence-corrected chi connectivity index (χ1v) is 10.2. The van der Waals surface area contributed by atoms with E-state index in [0.717, 1.165) is 24.3 Å². The Kier molecular flexibility index (Phi) is 4.38. The molecule has 11 heteroatoms. The number of fused-ring (bicyclic) bond motifs is 1. The number of benzene rings is 2. The number of hydrogen-bond acceptors (Lipinski definition) is 7. The fourth-order valence-corrected chi connectivity index (χ4v) is 4.68. The maximum atomic E-state index is 12.4. The number of amides is 1. The highest BCUT2D eigenvalue weighted by molar-refractivity contribution is 7.90. The van der Waals surface area contributed by atoms with Crippen molar-refractivity contribution < 1.29 is 26.7 Å². The van der Waals surface area contributed by atoms with Crippen molar-refractivity contribution >= 4 is 31.7 Å². The van der Waals surface area contributed by atoms with E-state index in [9.17, 15) is 32.0 Å². The minimum Gasteiger partial charge on any atom is -0.508 e. The molecule has 0 atom stereocenters. The molecule has 2 aromatic carbocycles. The van der Waals surface area contributed by atoms with Crippen molar-refractivity contribution in [1.29, 1.82) is 5.26 Å². The number of nitriles is 1. The number of nitrogens with zero attached hydrogens (tertiary/aromatic N) is 1. The molecule has 27 heavy (non-hydrogen) atoms. The Hall–Kier alpha value is -3.36. The van der Waals surface area contributed by atoms with Gasteiger partial charge in [-0.25, -0.2) is 21.6 Å². The third-order valence-corrected chi connectivity index (χ3v) is 6.40. The van der Waals surface area contributed by atoms with Crippen LogP contribution in [-0.2, 0) is 24.8 Å². The van der Waals surface area contributed by atoms with Crippen molar-refractivity contribution in [3.05, 3.63) is 59.7 Å². The van der Waals surface area contributed by atoms with Gasteiger partial charge in [0, 0.05) is 5.56 Å². The lowest BCUT2D eigenvalue weighted by molar-refractivity contribution is -0.115. The zero-order valence-electron chi connectivity index (χ0n) is 13.4. The molecular formula is C16H11N3O6S2. The number of hydrogen-bond donors (Lipinski definition) is 3. The van der Waals surface area contributed by atoms with E-state index < -0.39 is 31.5 Å². The summed E-state index contributed by atoms with van der Waals surface area (Å²) in [4.78, 5) is 11.9. The van der Waals surface area contributed by atoms with E-state index in [4.69, 9.17) is 0 Å². The molecular weight excluding hydrogens is 394 g/mol. The first-order valence-electron chi connectivity index (χ1n) is 7.28. The van der Waals surface area contributed by atoms with Gasteiger partial charge in [0.05, 0.1) is 15.5 Å². The lowest BCUT2D eigenvalue weighted by Gasteiger charge is -2.08. The fraction of sp³-hybridized carbons (Fsp3) is 0. The minimum atomic E-state index is -4.34. The Morgan fingerprint density at radius 2 is 1.74 bits per heavy atom. The number of carbonyl (C=O) groups excluding carboxylic acids is 1. The molecule has 2 aromatic rings. The molecule has 1 aliphatic heterocycles. The summed E-state index contributed by atoms with van der Waals surface area (Å²) >= 11 is 0. The Morgan fingerprint density at radius 3 is 2.37 bits per heavy atom. The molecule has 0 saturated heterocycles. The molecule has 1 heterocycles. The van der Waals surface area contributed by atoms with Gasteiger partial charge in [0.15, 0.2) is 0 Å². The van der Waals surface area contributed by atoms with Crippen molar-refractivity contribution in [2.75, 3.05) is 0 Å². The molecule has 0 fully saturated rings. The SMILES string of the molecule is N#CC(C(=O)NS(=O)(=O)c1ccc(O)cc1)=C1NS(=O)(=O)c2ccccc21. The molecule has 0 saturated carbocycles. The smallest absolute Gasteiger partial charge is 0.277 e. The number of nitrogens with one attached hydrogen (secondary N) is 2. The quantitative estimate of drug-likeness (QED) is 0.494. The summed E-state index contributed by atoms with van der Waals surface area (Å²) in [5.41, 5.74) is -0.913. The third kappa shape index (κ3) is 3.35. The van der Waals surface area contributed by atoms with Crippen LogP contribution < -0.4 is 9.44 Å². The molecule has 9 nitrogen and oxygen atoms in total. The van der Waals surface area contributed by atoms with Crippen molar-refractivity contribution in [1.82, 2.24) is 9.44 Å². The molecule has 0 bridgehead atoms. The van der Waals surface area contributed by atoms with Gasteiger partial charge in [-0.15, -0.1) is 0 Å². The summed E-state index contributed by atoms with van der Waals surface area (Å²) in [6.07, 6.45) is 0. The maximum Gasteiger partial charge on any atom is 0.277 e. The summed E-state index contributed by atoms with van der Waals surface area (Å²) in [5, 5.41) is 18.5.